The molecule has 1 aromatic heterocycles. The highest BCUT2D eigenvalue weighted by atomic mass is 79.9. The van der Waals surface area contributed by atoms with Crippen LogP contribution in [-0.4, -0.2) is 10.1 Å². The van der Waals surface area contributed by atoms with Crippen molar-refractivity contribution >= 4 is 27.7 Å². The van der Waals surface area contributed by atoms with E-state index in [2.05, 4.69) is 20.9 Å². The standard InChI is InChI=1S/C13H9BrF3NOS/c14-11-2-1-5-18-12(11)20-9-4-3-8(7-19)10(6-9)13(15,16)17/h1-6,19H,7H2. The summed E-state index contributed by atoms with van der Waals surface area (Å²) in [6, 6.07) is 7.33. The average molecular weight is 364 g/mol. The Bertz CT molecular complexity index is 619. The van der Waals surface area contributed by atoms with Crippen LogP contribution in [0.25, 0.3) is 0 Å². The van der Waals surface area contributed by atoms with Crippen LogP contribution in [0.5, 0.6) is 0 Å². The van der Waals surface area contributed by atoms with Crippen molar-refractivity contribution in [1.82, 2.24) is 4.98 Å². The Morgan fingerprint density at radius 1 is 1.25 bits per heavy atom. The fourth-order valence-electron chi connectivity index (χ4n) is 1.58. The van der Waals surface area contributed by atoms with Crippen LogP contribution in [0, 0.1) is 0 Å². The molecular formula is C13H9BrF3NOS. The number of nitrogens with zero attached hydrogens (tertiary/aromatic N) is 1. The van der Waals surface area contributed by atoms with Gasteiger partial charge >= 0.3 is 6.18 Å². The van der Waals surface area contributed by atoms with Crippen LogP contribution in [0.15, 0.2) is 50.9 Å². The van der Waals surface area contributed by atoms with Gasteiger partial charge in [-0.2, -0.15) is 13.2 Å². The summed E-state index contributed by atoms with van der Waals surface area (Å²) in [7, 11) is 0. The highest BCUT2D eigenvalue weighted by molar-refractivity contribution is 9.10. The summed E-state index contributed by atoms with van der Waals surface area (Å²) in [5.74, 6) is 0. The Morgan fingerprint density at radius 3 is 2.60 bits per heavy atom. The number of aliphatic hydroxyl groups excluding tert-OH is 1. The molecule has 0 spiro atoms. The van der Waals surface area contributed by atoms with Crippen molar-refractivity contribution in [3.05, 3.63) is 52.1 Å². The van der Waals surface area contributed by atoms with E-state index in [-0.39, 0.29) is 5.56 Å². The third-order valence-corrected chi connectivity index (χ3v) is 4.41. The van der Waals surface area contributed by atoms with Gasteiger partial charge in [-0.05, 0) is 45.8 Å². The monoisotopic (exact) mass is 363 g/mol. The summed E-state index contributed by atoms with van der Waals surface area (Å²) in [5.41, 5.74) is -0.959. The molecule has 0 saturated heterocycles. The molecule has 0 aliphatic rings. The summed E-state index contributed by atoms with van der Waals surface area (Å²) in [6.45, 7) is -0.646. The Balaban J connectivity index is 2.37. The van der Waals surface area contributed by atoms with E-state index in [1.54, 1.807) is 18.3 Å². The Hall–Kier alpha value is -1.05. The molecule has 0 radical (unpaired) electrons. The lowest BCUT2D eigenvalue weighted by Crippen LogP contribution is -2.09. The maximum absolute atomic E-state index is 12.9. The fraction of sp³-hybridized carbons (Fsp3) is 0.154. The van der Waals surface area contributed by atoms with Crippen LogP contribution in [0.4, 0.5) is 13.2 Å². The maximum Gasteiger partial charge on any atom is 0.416 e. The lowest BCUT2D eigenvalue weighted by atomic mass is 10.1. The molecule has 0 bridgehead atoms. The quantitative estimate of drug-likeness (QED) is 0.870. The van der Waals surface area contributed by atoms with Gasteiger partial charge in [0.25, 0.3) is 0 Å². The van der Waals surface area contributed by atoms with Crippen molar-refractivity contribution in [2.45, 2.75) is 22.7 Å². The molecule has 106 valence electrons. The summed E-state index contributed by atoms with van der Waals surface area (Å²) in [5, 5.41) is 9.56. The van der Waals surface area contributed by atoms with Gasteiger partial charge in [-0.25, -0.2) is 4.98 Å². The number of alkyl halides is 3. The predicted octanol–water partition coefficient (Wildman–Crippen LogP) is 4.51. The fourth-order valence-corrected chi connectivity index (χ4v) is 2.89. The van der Waals surface area contributed by atoms with Crippen LogP contribution in [0.1, 0.15) is 11.1 Å². The number of hydrogen-bond donors (Lipinski definition) is 1. The number of aromatic nitrogens is 1. The topological polar surface area (TPSA) is 33.1 Å². The molecule has 0 aliphatic heterocycles. The second kappa shape index (κ2) is 6.15. The van der Waals surface area contributed by atoms with Gasteiger partial charge in [-0.15, -0.1) is 0 Å². The zero-order valence-electron chi connectivity index (χ0n) is 9.99. The Morgan fingerprint density at radius 2 is 2.00 bits per heavy atom. The molecule has 1 heterocycles. The average Bonchev–Trinajstić information content (AvgIpc) is 2.40. The van der Waals surface area contributed by atoms with Gasteiger partial charge in [-0.3, -0.25) is 0 Å². The van der Waals surface area contributed by atoms with Gasteiger partial charge < -0.3 is 5.11 Å². The largest absolute Gasteiger partial charge is 0.416 e. The van der Waals surface area contributed by atoms with Crippen molar-refractivity contribution in [3.63, 3.8) is 0 Å². The van der Waals surface area contributed by atoms with E-state index in [0.29, 0.717) is 14.4 Å². The molecule has 0 fully saturated rings. The third kappa shape index (κ3) is 3.53. The SMILES string of the molecule is OCc1ccc(Sc2ncccc2Br)cc1C(F)(F)F. The lowest BCUT2D eigenvalue weighted by Gasteiger charge is -2.13. The van der Waals surface area contributed by atoms with Crippen LogP contribution < -0.4 is 0 Å². The molecular weight excluding hydrogens is 355 g/mol. The first-order valence-electron chi connectivity index (χ1n) is 5.51. The van der Waals surface area contributed by atoms with Gasteiger partial charge in [-0.1, -0.05) is 17.8 Å². The second-order valence-corrected chi connectivity index (χ2v) is 5.78. The molecule has 1 N–H and O–H groups in total. The molecule has 2 rings (SSSR count). The molecule has 0 unspecified atom stereocenters. The number of hydrogen-bond acceptors (Lipinski definition) is 3. The smallest absolute Gasteiger partial charge is 0.392 e. The number of rotatable bonds is 3. The van der Waals surface area contributed by atoms with Gasteiger partial charge in [0.05, 0.1) is 16.6 Å². The van der Waals surface area contributed by atoms with Gasteiger partial charge in [0.15, 0.2) is 0 Å². The van der Waals surface area contributed by atoms with E-state index in [9.17, 15) is 13.2 Å². The molecule has 0 amide bonds. The van der Waals surface area contributed by atoms with Crippen LogP contribution in [-0.2, 0) is 12.8 Å². The van der Waals surface area contributed by atoms with Crippen molar-refractivity contribution < 1.29 is 18.3 Å². The Kier molecular flexibility index (Phi) is 4.72. The summed E-state index contributed by atoms with van der Waals surface area (Å²) in [6.07, 6.45) is -2.92. The normalized spacial score (nSPS) is 11.7. The number of halogens is 4. The third-order valence-electron chi connectivity index (χ3n) is 2.50. The summed E-state index contributed by atoms with van der Waals surface area (Å²) >= 11 is 4.42. The number of benzene rings is 1. The van der Waals surface area contributed by atoms with Gasteiger partial charge in [0, 0.05) is 11.1 Å². The zero-order valence-corrected chi connectivity index (χ0v) is 12.4. The molecule has 0 aliphatic carbocycles. The molecule has 0 saturated carbocycles. The highest BCUT2D eigenvalue weighted by Crippen LogP contribution is 2.37. The van der Waals surface area contributed by atoms with E-state index in [1.165, 1.54) is 12.1 Å². The number of pyridine rings is 1. The van der Waals surface area contributed by atoms with Gasteiger partial charge in [0.2, 0.25) is 0 Å². The predicted molar refractivity (Wildman–Crippen MR) is 73.4 cm³/mol. The highest BCUT2D eigenvalue weighted by Gasteiger charge is 2.33. The van der Waals surface area contributed by atoms with Crippen molar-refractivity contribution in [2.75, 3.05) is 0 Å². The van der Waals surface area contributed by atoms with Crippen molar-refractivity contribution in [2.24, 2.45) is 0 Å². The van der Waals surface area contributed by atoms with Crippen molar-refractivity contribution in [1.29, 1.82) is 0 Å². The van der Waals surface area contributed by atoms with E-state index < -0.39 is 18.3 Å². The van der Waals surface area contributed by atoms with Crippen LogP contribution in [0.2, 0.25) is 0 Å². The molecule has 2 nitrogen and oxygen atoms in total. The Labute approximate surface area is 126 Å². The summed E-state index contributed by atoms with van der Waals surface area (Å²) in [4.78, 5) is 4.50. The first-order chi connectivity index (χ1) is 9.41. The number of aliphatic hydroxyl groups is 1. The van der Waals surface area contributed by atoms with E-state index in [1.807, 2.05) is 0 Å². The molecule has 7 heteroatoms. The first-order valence-corrected chi connectivity index (χ1v) is 7.12. The molecule has 1 aromatic carbocycles. The maximum atomic E-state index is 12.9. The molecule has 0 atom stereocenters. The first kappa shape index (κ1) is 15.3. The van der Waals surface area contributed by atoms with Crippen LogP contribution in [0.3, 0.4) is 0 Å². The lowest BCUT2D eigenvalue weighted by molar-refractivity contribution is -0.138. The zero-order chi connectivity index (χ0) is 14.8. The van der Waals surface area contributed by atoms with Gasteiger partial charge in [0.1, 0.15) is 5.03 Å². The minimum atomic E-state index is -4.49. The minimum Gasteiger partial charge on any atom is -0.392 e. The van der Waals surface area contributed by atoms with E-state index in [0.717, 1.165) is 17.8 Å². The van der Waals surface area contributed by atoms with Crippen LogP contribution >= 0.6 is 27.7 Å². The van der Waals surface area contributed by atoms with E-state index in [4.69, 9.17) is 5.11 Å². The second-order valence-electron chi connectivity index (χ2n) is 3.87. The molecule has 20 heavy (non-hydrogen) atoms. The van der Waals surface area contributed by atoms with E-state index >= 15 is 0 Å². The van der Waals surface area contributed by atoms with Crippen molar-refractivity contribution in [3.8, 4) is 0 Å². The summed E-state index contributed by atoms with van der Waals surface area (Å²) < 4.78 is 39.4. The molecule has 2 aromatic rings. The minimum absolute atomic E-state index is 0.137.